The van der Waals surface area contributed by atoms with E-state index in [0.717, 1.165) is 21.1 Å². The van der Waals surface area contributed by atoms with Gasteiger partial charge in [0.1, 0.15) is 0 Å². The molecule has 0 aliphatic heterocycles. The summed E-state index contributed by atoms with van der Waals surface area (Å²) in [6.07, 6.45) is 0. The Morgan fingerprint density at radius 3 is 2.81 bits per heavy atom. The summed E-state index contributed by atoms with van der Waals surface area (Å²) >= 11 is 3.49. The molecule has 2 N–H and O–H groups in total. The van der Waals surface area contributed by atoms with Gasteiger partial charge >= 0.3 is 0 Å². The van der Waals surface area contributed by atoms with Gasteiger partial charge in [0.25, 0.3) is 0 Å². The van der Waals surface area contributed by atoms with E-state index in [9.17, 15) is 0 Å². The minimum atomic E-state index is 0.0291. The van der Waals surface area contributed by atoms with E-state index in [-0.39, 0.29) is 6.04 Å². The van der Waals surface area contributed by atoms with Crippen LogP contribution in [0.2, 0.25) is 0 Å². The first kappa shape index (κ1) is 13.7. The van der Waals surface area contributed by atoms with Crippen molar-refractivity contribution < 1.29 is 0 Å². The summed E-state index contributed by atoms with van der Waals surface area (Å²) in [7, 11) is 0. The number of rotatable bonds is 2. The lowest BCUT2D eigenvalue weighted by Gasteiger charge is -2.17. The Labute approximate surface area is 131 Å². The number of benzene rings is 2. The summed E-state index contributed by atoms with van der Waals surface area (Å²) in [5.74, 6) is 0.451. The maximum absolute atomic E-state index is 9.07. The summed E-state index contributed by atoms with van der Waals surface area (Å²) in [4.78, 5) is 4.38. The van der Waals surface area contributed by atoms with E-state index < -0.39 is 0 Å². The van der Waals surface area contributed by atoms with E-state index >= 15 is 0 Å². The second kappa shape index (κ2) is 5.23. The summed E-state index contributed by atoms with van der Waals surface area (Å²) in [5.41, 5.74) is 9.48. The maximum Gasteiger partial charge on any atom is 0.201 e. The molecule has 1 aromatic heterocycles. The molecule has 104 valence electrons. The van der Waals surface area contributed by atoms with Crippen LogP contribution in [0.1, 0.15) is 24.1 Å². The predicted octanol–water partition coefficient (Wildman–Crippen LogP) is 3.86. The van der Waals surface area contributed by atoms with Crippen molar-refractivity contribution in [1.29, 1.82) is 5.26 Å². The smallest absolute Gasteiger partial charge is 0.201 e. The van der Waals surface area contributed by atoms with Gasteiger partial charge in [-0.1, -0.05) is 28.1 Å². The highest BCUT2D eigenvalue weighted by Gasteiger charge is 2.16. The summed E-state index contributed by atoms with van der Waals surface area (Å²) in [6, 6.07) is 15.7. The minimum Gasteiger partial charge on any atom is -0.369 e. The van der Waals surface area contributed by atoms with Crippen LogP contribution >= 0.6 is 15.9 Å². The van der Waals surface area contributed by atoms with Crippen molar-refractivity contribution in [2.45, 2.75) is 13.0 Å². The highest BCUT2D eigenvalue weighted by atomic mass is 79.9. The lowest BCUT2D eigenvalue weighted by atomic mass is 10.1. The molecule has 4 nitrogen and oxygen atoms in total. The Hall–Kier alpha value is -2.32. The Kier molecular flexibility index (Phi) is 3.40. The lowest BCUT2D eigenvalue weighted by molar-refractivity contribution is 0.667. The molecule has 0 saturated carbocycles. The number of fused-ring (bicyclic) bond motifs is 1. The van der Waals surface area contributed by atoms with Crippen molar-refractivity contribution in [2.24, 2.45) is 0 Å². The average Bonchev–Trinajstić information content (AvgIpc) is 2.81. The summed E-state index contributed by atoms with van der Waals surface area (Å²) in [5, 5.41) is 9.07. The molecule has 3 rings (SSSR count). The van der Waals surface area contributed by atoms with Crippen LogP contribution in [-0.2, 0) is 0 Å². The molecule has 5 heteroatoms. The second-order valence-electron chi connectivity index (χ2n) is 4.89. The van der Waals surface area contributed by atoms with Gasteiger partial charge in [-0.05, 0) is 42.8 Å². The molecule has 0 amide bonds. The number of aromatic nitrogens is 2. The molecule has 2 aromatic carbocycles. The number of imidazole rings is 1. The highest BCUT2D eigenvalue weighted by Crippen LogP contribution is 2.29. The first-order valence-corrected chi connectivity index (χ1v) is 7.32. The Balaban J connectivity index is 2.19. The molecular weight excluding hydrogens is 328 g/mol. The summed E-state index contributed by atoms with van der Waals surface area (Å²) in [6.45, 7) is 2.07. The van der Waals surface area contributed by atoms with Crippen LogP contribution in [0.15, 0.2) is 46.9 Å². The second-order valence-corrected chi connectivity index (χ2v) is 5.80. The predicted molar refractivity (Wildman–Crippen MR) is 86.8 cm³/mol. The van der Waals surface area contributed by atoms with Crippen LogP contribution in [0.3, 0.4) is 0 Å². The highest BCUT2D eigenvalue weighted by molar-refractivity contribution is 9.10. The van der Waals surface area contributed by atoms with Crippen LogP contribution in [0, 0.1) is 11.3 Å². The largest absolute Gasteiger partial charge is 0.369 e. The quantitative estimate of drug-likeness (QED) is 0.770. The lowest BCUT2D eigenvalue weighted by Crippen LogP contribution is -2.10. The average molecular weight is 341 g/mol. The van der Waals surface area contributed by atoms with Crippen LogP contribution in [-0.4, -0.2) is 9.55 Å². The van der Waals surface area contributed by atoms with Crippen LogP contribution in [0.25, 0.3) is 11.0 Å². The third-order valence-corrected chi connectivity index (χ3v) is 4.06. The fraction of sp³-hybridized carbons (Fsp3) is 0.125. The number of nitrogens with two attached hydrogens (primary N) is 1. The van der Waals surface area contributed by atoms with E-state index in [1.54, 1.807) is 6.07 Å². The molecule has 0 bridgehead atoms. The topological polar surface area (TPSA) is 67.6 Å². The molecule has 3 aromatic rings. The third-order valence-electron chi connectivity index (χ3n) is 3.56. The molecule has 1 heterocycles. The van der Waals surface area contributed by atoms with Crippen molar-refractivity contribution in [2.75, 3.05) is 5.73 Å². The number of nitriles is 1. The molecule has 21 heavy (non-hydrogen) atoms. The molecule has 0 radical (unpaired) electrons. The molecule has 0 fully saturated rings. The standard InChI is InChI=1S/C16H13BrN4/c1-10(12-3-2-4-13(17)8-12)21-15-7-11(9-18)5-6-14(15)20-16(21)19/h2-8,10H,1H3,(H2,19,20). The van der Waals surface area contributed by atoms with Crippen LogP contribution in [0.4, 0.5) is 5.95 Å². The first-order chi connectivity index (χ1) is 10.1. The van der Waals surface area contributed by atoms with Gasteiger partial charge in [-0.15, -0.1) is 0 Å². The fourth-order valence-corrected chi connectivity index (χ4v) is 2.92. The van der Waals surface area contributed by atoms with Gasteiger partial charge in [-0.25, -0.2) is 4.98 Å². The van der Waals surface area contributed by atoms with Gasteiger partial charge in [0.05, 0.1) is 28.7 Å². The first-order valence-electron chi connectivity index (χ1n) is 6.53. The molecule has 1 atom stereocenters. The Morgan fingerprint density at radius 2 is 2.10 bits per heavy atom. The van der Waals surface area contributed by atoms with Gasteiger partial charge in [-0.2, -0.15) is 5.26 Å². The Bertz CT molecular complexity index is 860. The number of halogens is 1. The number of hydrogen-bond acceptors (Lipinski definition) is 3. The normalized spacial score (nSPS) is 12.2. The number of anilines is 1. The Morgan fingerprint density at radius 1 is 1.29 bits per heavy atom. The minimum absolute atomic E-state index is 0.0291. The van der Waals surface area contributed by atoms with Crippen molar-refractivity contribution >= 4 is 32.9 Å². The van der Waals surface area contributed by atoms with Crippen molar-refractivity contribution in [3.05, 3.63) is 58.1 Å². The SMILES string of the molecule is CC(c1cccc(Br)c1)n1c(N)nc2ccc(C#N)cc21. The van der Waals surface area contributed by atoms with E-state index in [1.807, 2.05) is 28.8 Å². The zero-order valence-corrected chi connectivity index (χ0v) is 13.0. The molecule has 1 unspecified atom stereocenters. The molecule has 0 saturated heterocycles. The van der Waals surface area contributed by atoms with Gasteiger partial charge < -0.3 is 10.3 Å². The van der Waals surface area contributed by atoms with Gasteiger partial charge in [0.15, 0.2) is 0 Å². The van der Waals surface area contributed by atoms with E-state index in [4.69, 9.17) is 11.0 Å². The van der Waals surface area contributed by atoms with Gasteiger partial charge in [0.2, 0.25) is 5.95 Å². The number of nitrogens with zero attached hydrogens (tertiary/aromatic N) is 3. The summed E-state index contributed by atoms with van der Waals surface area (Å²) < 4.78 is 2.98. The van der Waals surface area contributed by atoms with Crippen LogP contribution < -0.4 is 5.73 Å². The fourth-order valence-electron chi connectivity index (χ4n) is 2.50. The maximum atomic E-state index is 9.07. The third kappa shape index (κ3) is 2.39. The van der Waals surface area contributed by atoms with Crippen molar-refractivity contribution in [3.63, 3.8) is 0 Å². The van der Waals surface area contributed by atoms with E-state index in [2.05, 4.69) is 46.0 Å². The van der Waals surface area contributed by atoms with Gasteiger partial charge in [-0.3, -0.25) is 0 Å². The number of hydrogen-bond donors (Lipinski definition) is 1. The zero-order chi connectivity index (χ0) is 15.0. The van der Waals surface area contributed by atoms with E-state index in [0.29, 0.717) is 11.5 Å². The molecule has 0 aliphatic carbocycles. The monoisotopic (exact) mass is 340 g/mol. The van der Waals surface area contributed by atoms with Crippen molar-refractivity contribution in [3.8, 4) is 6.07 Å². The van der Waals surface area contributed by atoms with Crippen LogP contribution in [0.5, 0.6) is 0 Å². The molecule has 0 spiro atoms. The molecule has 0 aliphatic rings. The number of nitrogen functional groups attached to an aromatic ring is 1. The van der Waals surface area contributed by atoms with Crippen molar-refractivity contribution in [1.82, 2.24) is 9.55 Å². The molecular formula is C16H13BrN4. The van der Waals surface area contributed by atoms with E-state index in [1.165, 1.54) is 0 Å². The zero-order valence-electron chi connectivity index (χ0n) is 11.4. The van der Waals surface area contributed by atoms with Gasteiger partial charge in [0, 0.05) is 4.47 Å².